The smallest absolute Gasteiger partial charge is 0.351 e. The van der Waals surface area contributed by atoms with Gasteiger partial charge < -0.3 is 5.73 Å². The Kier molecular flexibility index (Phi) is 3.21. The summed E-state index contributed by atoms with van der Waals surface area (Å²) in [4.78, 5) is 34.7. The van der Waals surface area contributed by atoms with Gasteiger partial charge in [0.15, 0.2) is 0 Å². The molecule has 0 radical (unpaired) electrons. The normalized spacial score (nSPS) is 18.1. The molecule has 0 aromatic heterocycles. The van der Waals surface area contributed by atoms with Crippen molar-refractivity contribution >= 4 is 35.0 Å². The number of rotatable bonds is 1. The first kappa shape index (κ1) is 14.3. The van der Waals surface area contributed by atoms with Gasteiger partial charge >= 0.3 is 12.2 Å². The second-order valence-electron chi connectivity index (χ2n) is 4.01. The molecule has 0 spiro atoms. The fourth-order valence-corrected chi connectivity index (χ4v) is 2.17. The molecule has 0 saturated heterocycles. The summed E-state index contributed by atoms with van der Waals surface area (Å²) in [5.41, 5.74) is 4.49. The molecule has 1 aliphatic heterocycles. The third-order valence-electron chi connectivity index (χ3n) is 2.77. The molecular weight excluding hydrogens is 301 g/mol. The summed E-state index contributed by atoms with van der Waals surface area (Å²) in [7, 11) is 0. The lowest BCUT2D eigenvalue weighted by Crippen LogP contribution is -2.42. The lowest BCUT2D eigenvalue weighted by molar-refractivity contribution is -0.173. The minimum absolute atomic E-state index is 0.0304. The monoisotopic (exact) mass is 306 g/mol. The molecule has 3 amide bonds. The zero-order valence-electron chi connectivity index (χ0n) is 9.57. The Hall–Kier alpha value is -2.09. The molecule has 0 fully saturated rings. The third-order valence-corrected chi connectivity index (χ3v) is 3.01. The molecule has 0 bridgehead atoms. The largest absolute Gasteiger partial charge is 0.451 e. The number of Topliss-reactive ketones (excluding diaryl/α,β-unsaturated/α-hetero) is 1. The Bertz CT molecular complexity index is 630. The highest BCUT2D eigenvalue weighted by Crippen LogP contribution is 2.42. The Labute approximate surface area is 115 Å². The van der Waals surface area contributed by atoms with E-state index in [0.717, 1.165) is 12.1 Å². The molecule has 106 valence electrons. The number of amides is 3. The summed E-state index contributed by atoms with van der Waals surface area (Å²) in [6, 6.07) is 2.19. The van der Waals surface area contributed by atoms with Crippen molar-refractivity contribution in [2.45, 2.75) is 12.1 Å². The topological polar surface area (TPSA) is 80.5 Å². The van der Waals surface area contributed by atoms with E-state index in [-0.39, 0.29) is 16.3 Å². The molecule has 0 aliphatic carbocycles. The Balaban J connectivity index is 2.62. The first-order valence-electron chi connectivity index (χ1n) is 5.18. The highest BCUT2D eigenvalue weighted by atomic mass is 35.5. The van der Waals surface area contributed by atoms with Crippen LogP contribution in [0.4, 0.5) is 23.7 Å². The van der Waals surface area contributed by atoms with Crippen molar-refractivity contribution in [2.75, 3.05) is 4.90 Å². The van der Waals surface area contributed by atoms with Crippen LogP contribution in [-0.2, 0) is 9.59 Å². The van der Waals surface area contributed by atoms with Crippen LogP contribution in [0.5, 0.6) is 0 Å². The van der Waals surface area contributed by atoms with Crippen molar-refractivity contribution in [3.63, 3.8) is 0 Å². The number of carbonyl (C=O) groups excluding carboxylic acids is 3. The zero-order chi connectivity index (χ0) is 15.2. The number of anilines is 1. The third kappa shape index (κ3) is 2.11. The second-order valence-corrected chi connectivity index (χ2v) is 4.45. The maximum atomic E-state index is 12.5. The molecule has 5 nitrogen and oxygen atoms in total. The number of primary amides is 1. The Morgan fingerprint density at radius 1 is 1.30 bits per heavy atom. The highest BCUT2D eigenvalue weighted by Gasteiger charge is 2.53. The minimum atomic E-state index is -5.21. The van der Waals surface area contributed by atoms with Crippen molar-refractivity contribution in [3.05, 3.63) is 28.8 Å². The predicted octanol–water partition coefficient (Wildman–Crippen LogP) is 1.98. The van der Waals surface area contributed by atoms with Gasteiger partial charge in [0.1, 0.15) is 5.92 Å². The summed E-state index contributed by atoms with van der Waals surface area (Å²) in [6.45, 7) is 0. The lowest BCUT2D eigenvalue weighted by Gasteiger charge is -2.13. The van der Waals surface area contributed by atoms with Gasteiger partial charge in [-0.05, 0) is 23.8 Å². The Morgan fingerprint density at radius 2 is 1.90 bits per heavy atom. The van der Waals surface area contributed by atoms with E-state index in [2.05, 4.69) is 0 Å². The van der Waals surface area contributed by atoms with E-state index in [1.807, 2.05) is 0 Å². The molecule has 1 heterocycles. The molecule has 1 unspecified atom stereocenters. The standard InChI is InChI=1S/C11H6ClF3N2O3/c12-4-1-2-6-5(3-4)7(8(18)11(13,14)15)9(19)17(6)10(16)20/h1-3,7H,(H2,16,20). The molecule has 1 aromatic carbocycles. The number of nitrogens with zero attached hydrogens (tertiary/aromatic N) is 1. The van der Waals surface area contributed by atoms with Gasteiger partial charge in [-0.2, -0.15) is 13.2 Å². The number of hydrogen-bond donors (Lipinski definition) is 1. The molecule has 0 saturated carbocycles. The molecule has 1 aliphatic rings. The number of halogens is 4. The fourth-order valence-electron chi connectivity index (χ4n) is 1.99. The van der Waals surface area contributed by atoms with Crippen molar-refractivity contribution in [2.24, 2.45) is 5.73 Å². The van der Waals surface area contributed by atoms with Crippen LogP contribution < -0.4 is 10.6 Å². The number of imide groups is 1. The summed E-state index contributed by atoms with van der Waals surface area (Å²) in [6.07, 6.45) is -5.21. The van der Waals surface area contributed by atoms with E-state index >= 15 is 0 Å². The summed E-state index contributed by atoms with van der Waals surface area (Å²) >= 11 is 5.64. The number of nitrogens with two attached hydrogens (primary N) is 1. The van der Waals surface area contributed by atoms with Gasteiger partial charge in [0, 0.05) is 5.02 Å². The molecule has 9 heteroatoms. The average molecular weight is 307 g/mol. The van der Waals surface area contributed by atoms with Gasteiger partial charge in [-0.15, -0.1) is 0 Å². The van der Waals surface area contributed by atoms with Crippen LogP contribution >= 0.6 is 11.6 Å². The highest BCUT2D eigenvalue weighted by molar-refractivity contribution is 6.32. The zero-order valence-corrected chi connectivity index (χ0v) is 10.3. The van der Waals surface area contributed by atoms with E-state index in [9.17, 15) is 27.6 Å². The van der Waals surface area contributed by atoms with Gasteiger partial charge in [-0.1, -0.05) is 11.6 Å². The average Bonchev–Trinajstić information content (AvgIpc) is 2.58. The van der Waals surface area contributed by atoms with Crippen LogP contribution in [0.25, 0.3) is 0 Å². The molecule has 2 N–H and O–H groups in total. The second kappa shape index (κ2) is 4.48. The number of carbonyl (C=O) groups is 3. The Morgan fingerprint density at radius 3 is 2.40 bits per heavy atom. The number of ketones is 1. The van der Waals surface area contributed by atoms with Crippen LogP contribution in [0.1, 0.15) is 11.5 Å². The molecule has 20 heavy (non-hydrogen) atoms. The van der Waals surface area contributed by atoms with Crippen molar-refractivity contribution in [1.82, 2.24) is 0 Å². The lowest BCUT2D eigenvalue weighted by atomic mass is 9.96. The predicted molar refractivity (Wildman–Crippen MR) is 62.3 cm³/mol. The number of urea groups is 1. The first-order chi connectivity index (χ1) is 9.14. The van der Waals surface area contributed by atoms with Gasteiger partial charge in [-0.3, -0.25) is 9.59 Å². The quantitative estimate of drug-likeness (QED) is 0.806. The first-order valence-corrected chi connectivity index (χ1v) is 5.56. The van der Waals surface area contributed by atoms with E-state index < -0.39 is 29.8 Å². The van der Waals surface area contributed by atoms with Gasteiger partial charge in [-0.25, -0.2) is 9.69 Å². The van der Waals surface area contributed by atoms with Crippen LogP contribution in [0.15, 0.2) is 18.2 Å². The number of fused-ring (bicyclic) bond motifs is 1. The summed E-state index contributed by atoms with van der Waals surface area (Å²) < 4.78 is 37.6. The van der Waals surface area contributed by atoms with Crippen LogP contribution in [-0.4, -0.2) is 23.9 Å². The maximum Gasteiger partial charge on any atom is 0.451 e. The van der Waals surface area contributed by atoms with Gasteiger partial charge in [0.2, 0.25) is 0 Å². The van der Waals surface area contributed by atoms with Crippen molar-refractivity contribution in [1.29, 1.82) is 0 Å². The van der Waals surface area contributed by atoms with Gasteiger partial charge in [0.05, 0.1) is 5.69 Å². The van der Waals surface area contributed by atoms with Crippen LogP contribution in [0.3, 0.4) is 0 Å². The maximum absolute atomic E-state index is 12.5. The van der Waals surface area contributed by atoms with Crippen LogP contribution in [0.2, 0.25) is 5.02 Å². The molecule has 1 aromatic rings. The van der Waals surface area contributed by atoms with E-state index in [1.54, 1.807) is 0 Å². The summed E-state index contributed by atoms with van der Waals surface area (Å²) in [5.74, 6) is -5.76. The molecule has 1 atom stereocenters. The van der Waals surface area contributed by atoms with E-state index in [0.29, 0.717) is 4.90 Å². The van der Waals surface area contributed by atoms with Crippen LogP contribution in [0, 0.1) is 0 Å². The van der Waals surface area contributed by atoms with Crippen molar-refractivity contribution in [3.8, 4) is 0 Å². The SMILES string of the molecule is NC(=O)N1C(=O)C(C(=O)C(F)(F)F)c2cc(Cl)ccc21. The number of benzene rings is 1. The molecule has 2 rings (SSSR count). The van der Waals surface area contributed by atoms with Gasteiger partial charge in [0.25, 0.3) is 11.7 Å². The van der Waals surface area contributed by atoms with Crippen molar-refractivity contribution < 1.29 is 27.6 Å². The number of alkyl halides is 3. The fraction of sp³-hybridized carbons (Fsp3) is 0.182. The summed E-state index contributed by atoms with van der Waals surface area (Å²) in [5, 5.41) is 0.0304. The van der Waals surface area contributed by atoms with E-state index in [4.69, 9.17) is 17.3 Å². The minimum Gasteiger partial charge on any atom is -0.351 e. The number of hydrogen-bond acceptors (Lipinski definition) is 3. The molecular formula is C11H6ClF3N2O3. The van der Waals surface area contributed by atoms with E-state index in [1.165, 1.54) is 6.07 Å².